The normalized spacial score (nSPS) is 17.6. The third-order valence-corrected chi connectivity index (χ3v) is 4.56. The quantitative estimate of drug-likeness (QED) is 0.405. The zero-order valence-corrected chi connectivity index (χ0v) is 17.9. The van der Waals surface area contributed by atoms with Gasteiger partial charge in [0.15, 0.2) is 5.96 Å². The first-order chi connectivity index (χ1) is 11.6. The van der Waals surface area contributed by atoms with Crippen molar-refractivity contribution in [2.24, 2.45) is 4.99 Å². The van der Waals surface area contributed by atoms with E-state index < -0.39 is 0 Å². The van der Waals surface area contributed by atoms with E-state index in [1.165, 1.54) is 17.5 Å². The number of likely N-dealkylation sites (tertiary alicyclic amines) is 1. The minimum atomic E-state index is 0. The molecule has 0 spiro atoms. The van der Waals surface area contributed by atoms with Gasteiger partial charge in [-0.3, -0.25) is 9.79 Å². The van der Waals surface area contributed by atoms with Crippen molar-refractivity contribution in [3.8, 4) is 0 Å². The van der Waals surface area contributed by atoms with Gasteiger partial charge in [-0.2, -0.15) is 0 Å². The van der Waals surface area contributed by atoms with Crippen molar-refractivity contribution in [2.75, 3.05) is 20.1 Å². The minimum absolute atomic E-state index is 0. The average Bonchev–Trinajstić information content (AvgIpc) is 2.59. The Morgan fingerprint density at radius 3 is 2.60 bits per heavy atom. The van der Waals surface area contributed by atoms with Crippen LogP contribution < -0.4 is 10.6 Å². The molecule has 1 fully saturated rings. The van der Waals surface area contributed by atoms with Crippen LogP contribution in [0, 0.1) is 6.92 Å². The number of aryl methyl sites for hydroxylation is 1. The summed E-state index contributed by atoms with van der Waals surface area (Å²) < 4.78 is 0. The topological polar surface area (TPSA) is 56.7 Å². The van der Waals surface area contributed by atoms with Crippen LogP contribution in [0.2, 0.25) is 0 Å². The molecule has 1 saturated heterocycles. The Bertz CT molecular complexity index is 559. The SMILES string of the molecule is CN=C(NCCC(=O)N1CCCCC1C)NCc1ccc(C)cc1.I. The molecular weight excluding hydrogens is 427 g/mol. The number of carbonyl (C=O) groups excluding carboxylic acids is 1. The lowest BCUT2D eigenvalue weighted by molar-refractivity contribution is -0.134. The number of amides is 1. The van der Waals surface area contributed by atoms with Gasteiger partial charge in [0.1, 0.15) is 0 Å². The van der Waals surface area contributed by atoms with Crippen molar-refractivity contribution in [1.82, 2.24) is 15.5 Å². The van der Waals surface area contributed by atoms with Crippen LogP contribution in [-0.4, -0.2) is 42.9 Å². The maximum absolute atomic E-state index is 12.3. The first-order valence-corrected chi connectivity index (χ1v) is 8.89. The zero-order chi connectivity index (χ0) is 17.4. The molecule has 1 heterocycles. The lowest BCUT2D eigenvalue weighted by Crippen LogP contribution is -2.44. The summed E-state index contributed by atoms with van der Waals surface area (Å²) in [5.41, 5.74) is 2.47. The zero-order valence-electron chi connectivity index (χ0n) is 15.5. The van der Waals surface area contributed by atoms with Crippen molar-refractivity contribution in [3.05, 3.63) is 35.4 Å². The second-order valence-electron chi connectivity index (χ2n) is 6.52. The summed E-state index contributed by atoms with van der Waals surface area (Å²) in [6.45, 7) is 6.46. The van der Waals surface area contributed by atoms with Crippen molar-refractivity contribution in [1.29, 1.82) is 0 Å². The molecule has 0 bridgehead atoms. The number of guanidine groups is 1. The fraction of sp³-hybridized carbons (Fsp3) is 0.579. The highest BCUT2D eigenvalue weighted by Crippen LogP contribution is 2.16. The molecule has 2 N–H and O–H groups in total. The number of carbonyl (C=O) groups is 1. The molecule has 0 aliphatic carbocycles. The molecule has 6 heteroatoms. The lowest BCUT2D eigenvalue weighted by Gasteiger charge is -2.33. The molecule has 1 aliphatic heterocycles. The number of nitrogens with zero attached hydrogens (tertiary/aromatic N) is 2. The van der Waals surface area contributed by atoms with E-state index in [1.807, 2.05) is 4.90 Å². The molecule has 1 atom stereocenters. The van der Waals surface area contributed by atoms with Crippen LogP contribution in [0.15, 0.2) is 29.3 Å². The third-order valence-electron chi connectivity index (χ3n) is 4.56. The van der Waals surface area contributed by atoms with Crippen molar-refractivity contribution >= 4 is 35.8 Å². The summed E-state index contributed by atoms with van der Waals surface area (Å²) in [7, 11) is 1.75. The molecule has 5 nitrogen and oxygen atoms in total. The van der Waals surface area contributed by atoms with Gasteiger partial charge in [-0.05, 0) is 38.7 Å². The van der Waals surface area contributed by atoms with Crippen molar-refractivity contribution in [3.63, 3.8) is 0 Å². The van der Waals surface area contributed by atoms with E-state index >= 15 is 0 Å². The Hall–Kier alpha value is -1.31. The first kappa shape index (κ1) is 21.7. The largest absolute Gasteiger partial charge is 0.356 e. The molecule has 1 unspecified atom stereocenters. The van der Waals surface area contributed by atoms with Crippen LogP contribution in [-0.2, 0) is 11.3 Å². The van der Waals surface area contributed by atoms with E-state index in [9.17, 15) is 4.79 Å². The van der Waals surface area contributed by atoms with Gasteiger partial charge in [-0.15, -0.1) is 24.0 Å². The highest BCUT2D eigenvalue weighted by atomic mass is 127. The average molecular weight is 458 g/mol. The second-order valence-corrected chi connectivity index (χ2v) is 6.52. The van der Waals surface area contributed by atoms with Gasteiger partial charge >= 0.3 is 0 Å². The third kappa shape index (κ3) is 7.22. The molecule has 1 amide bonds. The van der Waals surface area contributed by atoms with Gasteiger partial charge in [-0.1, -0.05) is 29.8 Å². The van der Waals surface area contributed by atoms with Crippen LogP contribution in [0.4, 0.5) is 0 Å². The van der Waals surface area contributed by atoms with Gasteiger partial charge in [-0.25, -0.2) is 0 Å². The monoisotopic (exact) mass is 458 g/mol. The van der Waals surface area contributed by atoms with E-state index in [-0.39, 0.29) is 29.9 Å². The Morgan fingerprint density at radius 2 is 1.96 bits per heavy atom. The minimum Gasteiger partial charge on any atom is -0.356 e. The summed E-state index contributed by atoms with van der Waals surface area (Å²) in [6.07, 6.45) is 4.00. The van der Waals surface area contributed by atoms with Crippen LogP contribution >= 0.6 is 24.0 Å². The fourth-order valence-corrected chi connectivity index (χ4v) is 3.01. The number of benzene rings is 1. The van der Waals surface area contributed by atoms with Crippen LogP contribution in [0.1, 0.15) is 43.7 Å². The second kappa shape index (κ2) is 11.3. The Labute approximate surface area is 168 Å². The molecular formula is C19H31IN4O. The summed E-state index contributed by atoms with van der Waals surface area (Å²) in [5, 5.41) is 6.51. The molecule has 2 rings (SSSR count). The Kier molecular flexibility index (Phi) is 9.85. The van der Waals surface area contributed by atoms with Gasteiger partial charge in [0.25, 0.3) is 0 Å². The maximum atomic E-state index is 12.3. The first-order valence-electron chi connectivity index (χ1n) is 8.89. The molecule has 0 saturated carbocycles. The van der Waals surface area contributed by atoms with Crippen molar-refractivity contribution < 1.29 is 4.79 Å². The van der Waals surface area contributed by atoms with E-state index in [4.69, 9.17) is 0 Å². The van der Waals surface area contributed by atoms with Gasteiger partial charge in [0, 0.05) is 39.1 Å². The van der Waals surface area contributed by atoms with E-state index in [2.05, 4.69) is 53.7 Å². The number of hydrogen-bond acceptors (Lipinski definition) is 2. The van der Waals surface area contributed by atoms with Crippen LogP contribution in [0.3, 0.4) is 0 Å². The standard InChI is InChI=1S/C19H30N4O.HI/c1-15-7-9-17(10-8-15)14-22-19(20-3)21-12-11-18(24)23-13-5-4-6-16(23)2;/h7-10,16H,4-6,11-14H2,1-3H3,(H2,20,21,22);1H. The Morgan fingerprint density at radius 1 is 1.24 bits per heavy atom. The number of rotatable bonds is 5. The van der Waals surface area contributed by atoms with Crippen LogP contribution in [0.5, 0.6) is 0 Å². The van der Waals surface area contributed by atoms with E-state index in [0.717, 1.165) is 31.9 Å². The number of nitrogens with one attached hydrogen (secondary N) is 2. The molecule has 1 aromatic carbocycles. The summed E-state index contributed by atoms with van der Waals surface area (Å²) >= 11 is 0. The molecule has 0 aromatic heterocycles. The summed E-state index contributed by atoms with van der Waals surface area (Å²) in [6, 6.07) is 8.80. The number of piperidine rings is 1. The van der Waals surface area contributed by atoms with Gasteiger partial charge in [0.2, 0.25) is 5.91 Å². The predicted molar refractivity (Wildman–Crippen MR) is 114 cm³/mol. The molecule has 1 aromatic rings. The number of hydrogen-bond donors (Lipinski definition) is 2. The van der Waals surface area contributed by atoms with Crippen LogP contribution in [0.25, 0.3) is 0 Å². The highest BCUT2D eigenvalue weighted by Gasteiger charge is 2.22. The molecule has 0 radical (unpaired) electrons. The molecule has 1 aliphatic rings. The molecule has 140 valence electrons. The lowest BCUT2D eigenvalue weighted by atomic mass is 10.0. The summed E-state index contributed by atoms with van der Waals surface area (Å²) in [5.74, 6) is 0.971. The number of aliphatic imine (C=N–C) groups is 1. The van der Waals surface area contributed by atoms with Gasteiger partial charge in [0.05, 0.1) is 0 Å². The number of halogens is 1. The summed E-state index contributed by atoms with van der Waals surface area (Å²) in [4.78, 5) is 18.6. The van der Waals surface area contributed by atoms with Gasteiger partial charge < -0.3 is 15.5 Å². The predicted octanol–water partition coefficient (Wildman–Crippen LogP) is 3.07. The highest BCUT2D eigenvalue weighted by molar-refractivity contribution is 14.0. The fourth-order valence-electron chi connectivity index (χ4n) is 3.01. The van der Waals surface area contributed by atoms with E-state index in [1.54, 1.807) is 7.05 Å². The Balaban J connectivity index is 0.00000312. The molecule has 25 heavy (non-hydrogen) atoms. The smallest absolute Gasteiger partial charge is 0.224 e. The van der Waals surface area contributed by atoms with Crippen molar-refractivity contribution in [2.45, 2.75) is 52.1 Å². The maximum Gasteiger partial charge on any atom is 0.224 e. The van der Waals surface area contributed by atoms with E-state index in [0.29, 0.717) is 19.0 Å².